The number of nitrogens with two attached hydrogens (primary N) is 2. The van der Waals surface area contributed by atoms with Gasteiger partial charge < -0.3 is 16.2 Å². The molecule has 1 amide bonds. The Bertz CT molecular complexity index is 346. The van der Waals surface area contributed by atoms with E-state index in [1.807, 2.05) is 13.8 Å². The summed E-state index contributed by atoms with van der Waals surface area (Å²) in [5, 5.41) is 3.94. The molecule has 0 aliphatic carbocycles. The molecular weight excluding hydrogens is 196 g/mol. The molecular formula is C9H16N4O2. The summed E-state index contributed by atoms with van der Waals surface area (Å²) in [4.78, 5) is 10.9. The first-order chi connectivity index (χ1) is 7.00. The number of hydrogen-bond donors (Lipinski definition) is 2. The van der Waals surface area contributed by atoms with Crippen LogP contribution in [0.2, 0.25) is 0 Å². The number of primary amides is 1. The third-order valence-corrected chi connectivity index (χ3v) is 1.79. The number of anilines is 1. The summed E-state index contributed by atoms with van der Waals surface area (Å²) in [5.74, 6) is -0.615. The van der Waals surface area contributed by atoms with Crippen molar-refractivity contribution in [1.82, 2.24) is 9.78 Å². The predicted octanol–water partition coefficient (Wildman–Crippen LogP) is -0.0108. The molecule has 1 rings (SSSR count). The van der Waals surface area contributed by atoms with Gasteiger partial charge in [-0.1, -0.05) is 0 Å². The molecule has 0 bridgehead atoms. The Hall–Kier alpha value is -1.56. The van der Waals surface area contributed by atoms with E-state index in [0.29, 0.717) is 18.8 Å². The van der Waals surface area contributed by atoms with Crippen LogP contribution in [0.1, 0.15) is 24.3 Å². The van der Waals surface area contributed by atoms with Crippen molar-refractivity contribution in [1.29, 1.82) is 0 Å². The lowest BCUT2D eigenvalue weighted by molar-refractivity contribution is 0.0708. The van der Waals surface area contributed by atoms with Crippen LogP contribution >= 0.6 is 0 Å². The van der Waals surface area contributed by atoms with Crippen LogP contribution in [0.25, 0.3) is 0 Å². The fourth-order valence-corrected chi connectivity index (χ4v) is 1.12. The van der Waals surface area contributed by atoms with Crippen molar-refractivity contribution in [3.05, 3.63) is 11.9 Å². The molecule has 6 nitrogen and oxygen atoms in total. The van der Waals surface area contributed by atoms with E-state index in [-0.39, 0.29) is 11.8 Å². The van der Waals surface area contributed by atoms with Crippen molar-refractivity contribution < 1.29 is 9.53 Å². The monoisotopic (exact) mass is 212 g/mol. The Morgan fingerprint density at radius 3 is 2.80 bits per heavy atom. The van der Waals surface area contributed by atoms with Gasteiger partial charge in [-0.05, 0) is 13.8 Å². The first-order valence-corrected chi connectivity index (χ1v) is 4.75. The molecule has 0 aliphatic heterocycles. The molecule has 6 heteroatoms. The van der Waals surface area contributed by atoms with Crippen LogP contribution in [0.4, 0.5) is 5.69 Å². The highest BCUT2D eigenvalue weighted by atomic mass is 16.5. The van der Waals surface area contributed by atoms with Gasteiger partial charge in [-0.25, -0.2) is 0 Å². The van der Waals surface area contributed by atoms with Crippen LogP contribution in [-0.2, 0) is 11.3 Å². The number of hydrogen-bond acceptors (Lipinski definition) is 4. The fourth-order valence-electron chi connectivity index (χ4n) is 1.12. The first kappa shape index (κ1) is 11.5. The topological polar surface area (TPSA) is 96.2 Å². The molecule has 4 N–H and O–H groups in total. The zero-order valence-electron chi connectivity index (χ0n) is 8.93. The van der Waals surface area contributed by atoms with E-state index in [2.05, 4.69) is 5.10 Å². The highest BCUT2D eigenvalue weighted by molar-refractivity contribution is 5.95. The van der Waals surface area contributed by atoms with Crippen LogP contribution in [0, 0.1) is 0 Å². The molecule has 1 aromatic heterocycles. The maximum absolute atomic E-state index is 10.9. The predicted molar refractivity (Wildman–Crippen MR) is 56.2 cm³/mol. The molecule has 1 heterocycles. The largest absolute Gasteiger partial charge is 0.396 e. The number of aromatic nitrogens is 2. The normalized spacial score (nSPS) is 10.9. The molecule has 0 aromatic carbocycles. The maximum Gasteiger partial charge on any atom is 0.271 e. The van der Waals surface area contributed by atoms with E-state index >= 15 is 0 Å². The van der Waals surface area contributed by atoms with Crippen molar-refractivity contribution >= 4 is 11.6 Å². The van der Waals surface area contributed by atoms with Crippen molar-refractivity contribution in [2.24, 2.45) is 5.73 Å². The maximum atomic E-state index is 10.9. The van der Waals surface area contributed by atoms with Gasteiger partial charge in [0, 0.05) is 6.20 Å². The third kappa shape index (κ3) is 3.25. The van der Waals surface area contributed by atoms with Gasteiger partial charge in [0.15, 0.2) is 5.69 Å². The van der Waals surface area contributed by atoms with E-state index < -0.39 is 5.91 Å². The van der Waals surface area contributed by atoms with Crippen LogP contribution < -0.4 is 11.5 Å². The van der Waals surface area contributed by atoms with Crippen LogP contribution in [-0.4, -0.2) is 28.4 Å². The Labute approximate surface area is 88.2 Å². The minimum Gasteiger partial charge on any atom is -0.396 e. The van der Waals surface area contributed by atoms with Gasteiger partial charge in [-0.3, -0.25) is 9.48 Å². The van der Waals surface area contributed by atoms with E-state index in [9.17, 15) is 4.79 Å². The quantitative estimate of drug-likeness (QED) is 0.717. The van der Waals surface area contributed by atoms with Gasteiger partial charge in [0.2, 0.25) is 0 Å². The Kier molecular flexibility index (Phi) is 3.68. The molecule has 0 saturated heterocycles. The molecule has 84 valence electrons. The van der Waals surface area contributed by atoms with E-state index in [0.717, 1.165) is 0 Å². The second kappa shape index (κ2) is 4.79. The van der Waals surface area contributed by atoms with E-state index in [1.165, 1.54) is 0 Å². The lowest BCUT2D eigenvalue weighted by Gasteiger charge is -2.06. The lowest BCUT2D eigenvalue weighted by Crippen LogP contribution is -2.15. The molecule has 1 aromatic rings. The van der Waals surface area contributed by atoms with Gasteiger partial charge in [0.1, 0.15) is 0 Å². The highest BCUT2D eigenvalue weighted by Crippen LogP contribution is 2.07. The van der Waals surface area contributed by atoms with Gasteiger partial charge in [0.25, 0.3) is 5.91 Å². The molecule has 0 saturated carbocycles. The zero-order valence-corrected chi connectivity index (χ0v) is 8.93. The number of nitrogen functional groups attached to an aromatic ring is 1. The summed E-state index contributed by atoms with van der Waals surface area (Å²) in [6.07, 6.45) is 1.75. The third-order valence-electron chi connectivity index (χ3n) is 1.79. The van der Waals surface area contributed by atoms with Gasteiger partial charge in [-0.15, -0.1) is 0 Å². The average Bonchev–Trinajstić information content (AvgIpc) is 2.46. The molecule has 0 unspecified atom stereocenters. The van der Waals surface area contributed by atoms with Crippen molar-refractivity contribution in [2.45, 2.75) is 26.5 Å². The smallest absolute Gasteiger partial charge is 0.271 e. The van der Waals surface area contributed by atoms with Crippen molar-refractivity contribution in [2.75, 3.05) is 12.3 Å². The van der Waals surface area contributed by atoms with Crippen LogP contribution in [0.3, 0.4) is 0 Å². The second-order valence-electron chi connectivity index (χ2n) is 3.48. The second-order valence-corrected chi connectivity index (χ2v) is 3.48. The number of rotatable bonds is 5. The van der Waals surface area contributed by atoms with Gasteiger partial charge >= 0.3 is 0 Å². The number of carbonyl (C=O) groups excluding carboxylic acids is 1. The minimum absolute atomic E-state index is 0.111. The molecule has 0 atom stereocenters. The molecule has 0 aliphatic rings. The summed E-state index contributed by atoms with van der Waals surface area (Å²) in [5.41, 5.74) is 11.0. The summed E-state index contributed by atoms with van der Waals surface area (Å²) >= 11 is 0. The summed E-state index contributed by atoms with van der Waals surface area (Å²) < 4.78 is 6.89. The summed E-state index contributed by atoms with van der Waals surface area (Å²) in [6.45, 7) is 4.98. The number of carbonyl (C=O) groups is 1. The Morgan fingerprint density at radius 1 is 1.67 bits per heavy atom. The SMILES string of the molecule is CC(C)OCCn1cc(N)c(C(N)=O)n1. The summed E-state index contributed by atoms with van der Waals surface area (Å²) in [7, 11) is 0. The van der Waals surface area contributed by atoms with Crippen LogP contribution in [0.5, 0.6) is 0 Å². The van der Waals surface area contributed by atoms with Crippen molar-refractivity contribution in [3.8, 4) is 0 Å². The molecule has 0 radical (unpaired) electrons. The highest BCUT2D eigenvalue weighted by Gasteiger charge is 2.10. The Morgan fingerprint density at radius 2 is 2.33 bits per heavy atom. The van der Waals surface area contributed by atoms with E-state index in [4.69, 9.17) is 16.2 Å². The first-order valence-electron chi connectivity index (χ1n) is 4.75. The van der Waals surface area contributed by atoms with Gasteiger partial charge in [0.05, 0.1) is 24.9 Å². The number of ether oxygens (including phenoxy) is 1. The lowest BCUT2D eigenvalue weighted by atomic mass is 10.4. The van der Waals surface area contributed by atoms with Gasteiger partial charge in [-0.2, -0.15) is 5.10 Å². The Balaban J connectivity index is 2.56. The molecule has 0 fully saturated rings. The van der Waals surface area contributed by atoms with Crippen molar-refractivity contribution in [3.63, 3.8) is 0 Å². The number of nitrogens with zero attached hydrogens (tertiary/aromatic N) is 2. The standard InChI is InChI=1S/C9H16N4O2/c1-6(2)15-4-3-13-5-7(10)8(12-13)9(11)14/h5-6H,3-4,10H2,1-2H3,(H2,11,14). The van der Waals surface area contributed by atoms with Crippen LogP contribution in [0.15, 0.2) is 6.20 Å². The fraction of sp³-hybridized carbons (Fsp3) is 0.556. The molecule has 15 heavy (non-hydrogen) atoms. The average molecular weight is 212 g/mol. The zero-order chi connectivity index (χ0) is 11.4. The minimum atomic E-state index is -0.615. The summed E-state index contributed by atoms with van der Waals surface area (Å²) in [6, 6.07) is 0. The van der Waals surface area contributed by atoms with E-state index in [1.54, 1.807) is 10.9 Å². The molecule has 0 spiro atoms. The number of amides is 1.